The van der Waals surface area contributed by atoms with Crippen molar-refractivity contribution >= 4 is 23.6 Å². The zero-order valence-electron chi connectivity index (χ0n) is 10.2. The number of halogens is 1. The summed E-state index contributed by atoms with van der Waals surface area (Å²) in [6.07, 6.45) is 1.93. The molecule has 1 rings (SSSR count). The lowest BCUT2D eigenvalue weighted by molar-refractivity contribution is -0.132. The van der Waals surface area contributed by atoms with Gasteiger partial charge in [-0.2, -0.15) is 0 Å². The van der Waals surface area contributed by atoms with Crippen LogP contribution in [0.15, 0.2) is 0 Å². The highest BCUT2D eigenvalue weighted by Gasteiger charge is 2.23. The number of hydrogen-bond donors (Lipinski definition) is 0. The van der Waals surface area contributed by atoms with Gasteiger partial charge in [0, 0.05) is 38.5 Å². The van der Waals surface area contributed by atoms with Gasteiger partial charge in [-0.15, -0.1) is 11.6 Å². The molecule has 1 aliphatic heterocycles. The number of carbonyl (C=O) groups excluding carboxylic acids is 2. The molecule has 5 nitrogen and oxygen atoms in total. The first kappa shape index (κ1) is 14.1. The minimum absolute atomic E-state index is 0.152. The molecule has 1 saturated heterocycles. The van der Waals surface area contributed by atoms with E-state index in [-0.39, 0.29) is 12.0 Å². The van der Waals surface area contributed by atoms with E-state index in [1.54, 1.807) is 9.80 Å². The van der Waals surface area contributed by atoms with E-state index in [0.717, 1.165) is 12.8 Å². The van der Waals surface area contributed by atoms with Crippen molar-refractivity contribution < 1.29 is 14.3 Å². The molecule has 0 radical (unpaired) electrons. The van der Waals surface area contributed by atoms with E-state index in [1.165, 1.54) is 7.11 Å². The van der Waals surface area contributed by atoms with Crippen LogP contribution in [0.2, 0.25) is 0 Å². The van der Waals surface area contributed by atoms with Crippen molar-refractivity contribution in [2.45, 2.75) is 19.3 Å². The standard InChI is InChI=1S/C11H19ClN2O3/c1-17-11(16)14-8-6-13(7-9-14)10(15)4-2-3-5-12/h2-9H2,1H3. The molecule has 1 aliphatic rings. The maximum Gasteiger partial charge on any atom is 0.409 e. The van der Waals surface area contributed by atoms with Gasteiger partial charge in [0.2, 0.25) is 5.91 Å². The lowest BCUT2D eigenvalue weighted by atomic mass is 10.2. The molecule has 0 aromatic rings. The summed E-state index contributed by atoms with van der Waals surface area (Å²) in [4.78, 5) is 26.4. The molecule has 0 bridgehead atoms. The summed E-state index contributed by atoms with van der Waals surface area (Å²) < 4.78 is 4.63. The van der Waals surface area contributed by atoms with Crippen LogP contribution in [0.3, 0.4) is 0 Å². The average molecular weight is 263 g/mol. The van der Waals surface area contributed by atoms with Gasteiger partial charge >= 0.3 is 6.09 Å². The number of rotatable bonds is 4. The van der Waals surface area contributed by atoms with Crippen LogP contribution in [0.1, 0.15) is 19.3 Å². The van der Waals surface area contributed by atoms with Crippen LogP contribution in [0.25, 0.3) is 0 Å². The largest absolute Gasteiger partial charge is 0.453 e. The van der Waals surface area contributed by atoms with Crippen molar-refractivity contribution in [3.63, 3.8) is 0 Å². The Balaban J connectivity index is 2.26. The molecule has 0 unspecified atom stereocenters. The van der Waals surface area contributed by atoms with Crippen molar-refractivity contribution in [2.24, 2.45) is 0 Å². The molecule has 98 valence electrons. The quantitative estimate of drug-likeness (QED) is 0.567. The van der Waals surface area contributed by atoms with Crippen LogP contribution in [0.4, 0.5) is 4.79 Å². The van der Waals surface area contributed by atoms with Crippen molar-refractivity contribution in [3.8, 4) is 0 Å². The third kappa shape index (κ3) is 4.42. The van der Waals surface area contributed by atoms with Crippen molar-refractivity contribution in [2.75, 3.05) is 39.2 Å². The van der Waals surface area contributed by atoms with Crippen LogP contribution in [0.5, 0.6) is 0 Å². The minimum Gasteiger partial charge on any atom is -0.453 e. The molecule has 0 aromatic carbocycles. The highest BCUT2D eigenvalue weighted by Crippen LogP contribution is 2.07. The van der Waals surface area contributed by atoms with Crippen LogP contribution in [-0.4, -0.2) is 61.0 Å². The molecule has 0 spiro atoms. The number of nitrogens with zero attached hydrogens (tertiary/aromatic N) is 2. The summed E-state index contributed by atoms with van der Waals surface area (Å²) in [6, 6.07) is 0. The smallest absolute Gasteiger partial charge is 0.409 e. The van der Waals surface area contributed by atoms with E-state index >= 15 is 0 Å². The maximum atomic E-state index is 11.8. The van der Waals surface area contributed by atoms with E-state index < -0.39 is 0 Å². The summed E-state index contributed by atoms with van der Waals surface area (Å²) in [7, 11) is 1.37. The first-order chi connectivity index (χ1) is 8.19. The minimum atomic E-state index is -0.320. The highest BCUT2D eigenvalue weighted by molar-refractivity contribution is 6.17. The number of amides is 2. The summed E-state index contributed by atoms with van der Waals surface area (Å²) in [5, 5.41) is 0. The number of ether oxygens (including phenoxy) is 1. The topological polar surface area (TPSA) is 49.9 Å². The number of methoxy groups -OCH3 is 1. The van der Waals surface area contributed by atoms with Gasteiger partial charge in [0.15, 0.2) is 0 Å². The van der Waals surface area contributed by atoms with E-state index in [4.69, 9.17) is 11.6 Å². The molecule has 1 heterocycles. The average Bonchev–Trinajstić information content (AvgIpc) is 2.38. The van der Waals surface area contributed by atoms with E-state index in [9.17, 15) is 9.59 Å². The molecular formula is C11H19ClN2O3. The molecule has 0 aliphatic carbocycles. The third-order valence-electron chi connectivity index (χ3n) is 2.84. The van der Waals surface area contributed by atoms with Crippen molar-refractivity contribution in [3.05, 3.63) is 0 Å². The molecule has 0 aromatic heterocycles. The van der Waals surface area contributed by atoms with Gasteiger partial charge in [0.05, 0.1) is 7.11 Å². The Bertz CT molecular complexity index is 265. The first-order valence-corrected chi connectivity index (χ1v) is 6.39. The van der Waals surface area contributed by atoms with Crippen molar-refractivity contribution in [1.29, 1.82) is 0 Å². The molecule has 0 saturated carbocycles. The van der Waals surface area contributed by atoms with Crippen LogP contribution < -0.4 is 0 Å². The van der Waals surface area contributed by atoms with Crippen LogP contribution >= 0.6 is 11.6 Å². The molecule has 0 atom stereocenters. The van der Waals surface area contributed by atoms with Gasteiger partial charge in [0.25, 0.3) is 0 Å². The fraction of sp³-hybridized carbons (Fsp3) is 0.818. The van der Waals surface area contributed by atoms with Gasteiger partial charge in [0.1, 0.15) is 0 Å². The number of piperazine rings is 1. The third-order valence-corrected chi connectivity index (χ3v) is 3.11. The lowest BCUT2D eigenvalue weighted by Gasteiger charge is -2.33. The van der Waals surface area contributed by atoms with E-state index in [1.807, 2.05) is 0 Å². The van der Waals surface area contributed by atoms with Crippen molar-refractivity contribution in [1.82, 2.24) is 9.80 Å². The van der Waals surface area contributed by atoms with Gasteiger partial charge < -0.3 is 14.5 Å². The van der Waals surface area contributed by atoms with E-state index in [0.29, 0.717) is 38.5 Å². The molecule has 17 heavy (non-hydrogen) atoms. The summed E-state index contributed by atoms with van der Waals surface area (Å²) >= 11 is 5.56. The molecule has 0 N–H and O–H groups in total. The van der Waals surface area contributed by atoms with Crippen LogP contribution in [-0.2, 0) is 9.53 Å². The van der Waals surface area contributed by atoms with Gasteiger partial charge in [-0.05, 0) is 12.8 Å². The number of unbranched alkanes of at least 4 members (excludes halogenated alkanes) is 1. The van der Waals surface area contributed by atoms with Crippen LogP contribution in [0, 0.1) is 0 Å². The SMILES string of the molecule is COC(=O)N1CCN(C(=O)CCCCCl)CC1. The number of alkyl halides is 1. The monoisotopic (exact) mass is 262 g/mol. The summed E-state index contributed by atoms with van der Waals surface area (Å²) in [6.45, 7) is 2.28. The lowest BCUT2D eigenvalue weighted by Crippen LogP contribution is -2.50. The second-order valence-corrected chi connectivity index (χ2v) is 4.36. The number of hydrogen-bond acceptors (Lipinski definition) is 3. The second kappa shape index (κ2) is 7.37. The second-order valence-electron chi connectivity index (χ2n) is 3.98. The summed E-state index contributed by atoms with van der Waals surface area (Å²) in [5.41, 5.74) is 0. The van der Waals surface area contributed by atoms with Gasteiger partial charge in [-0.3, -0.25) is 4.79 Å². The first-order valence-electron chi connectivity index (χ1n) is 5.85. The van der Waals surface area contributed by atoms with E-state index in [2.05, 4.69) is 4.74 Å². The predicted molar refractivity (Wildman–Crippen MR) is 65.1 cm³/mol. The maximum absolute atomic E-state index is 11.8. The molecule has 2 amide bonds. The zero-order valence-corrected chi connectivity index (χ0v) is 10.9. The zero-order chi connectivity index (χ0) is 12.7. The molecule has 6 heteroatoms. The Morgan fingerprint density at radius 2 is 1.71 bits per heavy atom. The fourth-order valence-electron chi connectivity index (χ4n) is 1.80. The Morgan fingerprint density at radius 3 is 2.24 bits per heavy atom. The van der Waals surface area contributed by atoms with Gasteiger partial charge in [-0.25, -0.2) is 4.79 Å². The fourth-order valence-corrected chi connectivity index (χ4v) is 1.99. The predicted octanol–water partition coefficient (Wildman–Crippen LogP) is 1.31. The Kier molecular flexibility index (Phi) is 6.11. The summed E-state index contributed by atoms with van der Waals surface area (Å²) in [5.74, 6) is 0.753. The Hall–Kier alpha value is -0.970. The van der Waals surface area contributed by atoms with Gasteiger partial charge in [-0.1, -0.05) is 0 Å². The normalized spacial score (nSPS) is 15.9. The Morgan fingerprint density at radius 1 is 1.12 bits per heavy atom. The Labute approximate surface area is 107 Å². The molecule has 1 fully saturated rings. The molecular weight excluding hydrogens is 244 g/mol. The highest BCUT2D eigenvalue weighted by atomic mass is 35.5. The number of carbonyl (C=O) groups is 2.